The summed E-state index contributed by atoms with van der Waals surface area (Å²) in [5.41, 5.74) is 8.56. The molecule has 14 heavy (non-hydrogen) atoms. The number of rotatable bonds is 0. The molecule has 0 unspecified atom stereocenters. The van der Waals surface area contributed by atoms with Gasteiger partial charge in [0, 0.05) is 11.6 Å². The maximum Gasteiger partial charge on any atom is 0.231 e. The molecule has 74 valence electrons. The predicted molar refractivity (Wildman–Crippen MR) is 52.6 cm³/mol. The van der Waals surface area contributed by atoms with Crippen LogP contribution in [0, 0.1) is 0 Å². The van der Waals surface area contributed by atoms with Crippen molar-refractivity contribution in [1.29, 1.82) is 0 Å². The van der Waals surface area contributed by atoms with Gasteiger partial charge in [-0.3, -0.25) is 0 Å². The highest BCUT2D eigenvalue weighted by atomic mass is 16.7. The van der Waals surface area contributed by atoms with Crippen LogP contribution in [0.4, 0.5) is 0 Å². The normalized spacial score (nSPS) is 23.4. The van der Waals surface area contributed by atoms with E-state index in [-0.39, 0.29) is 0 Å². The lowest BCUT2D eigenvalue weighted by Crippen LogP contribution is -2.27. The average molecular weight is 191 g/mol. The van der Waals surface area contributed by atoms with Crippen LogP contribution >= 0.6 is 0 Å². The Balaban J connectivity index is 2.10. The molecule has 1 aromatic rings. The fourth-order valence-electron chi connectivity index (χ4n) is 2.25. The van der Waals surface area contributed by atoms with Gasteiger partial charge < -0.3 is 15.2 Å². The maximum absolute atomic E-state index is 5.92. The molecule has 2 N–H and O–H groups in total. The van der Waals surface area contributed by atoms with Gasteiger partial charge in [0.15, 0.2) is 11.5 Å². The third-order valence-electron chi connectivity index (χ3n) is 2.99. The molecule has 1 aliphatic heterocycles. The molecule has 1 aliphatic carbocycles. The van der Waals surface area contributed by atoms with E-state index >= 15 is 0 Å². The minimum atomic E-state index is 0.308. The fourth-order valence-corrected chi connectivity index (χ4v) is 2.25. The largest absolute Gasteiger partial charge is 0.454 e. The average Bonchev–Trinajstić information content (AvgIpc) is 2.65. The molecule has 0 saturated heterocycles. The van der Waals surface area contributed by atoms with Gasteiger partial charge in [0.2, 0.25) is 6.79 Å². The third kappa shape index (κ3) is 1.09. The Morgan fingerprint density at radius 2 is 2.21 bits per heavy atom. The second kappa shape index (κ2) is 2.89. The van der Waals surface area contributed by atoms with Crippen LogP contribution in [0.25, 0.3) is 0 Å². The molecular formula is C11H13NO2. The summed E-state index contributed by atoms with van der Waals surface area (Å²) in [5, 5.41) is 0. The van der Waals surface area contributed by atoms with Crippen molar-refractivity contribution in [2.24, 2.45) is 5.73 Å². The fraction of sp³-hybridized carbons (Fsp3) is 0.455. The summed E-state index contributed by atoms with van der Waals surface area (Å²) in [7, 11) is 0. The number of fused-ring (bicyclic) bond motifs is 3. The smallest absolute Gasteiger partial charge is 0.231 e. The van der Waals surface area contributed by atoms with Crippen molar-refractivity contribution < 1.29 is 9.47 Å². The summed E-state index contributed by atoms with van der Waals surface area (Å²) < 4.78 is 10.8. The van der Waals surface area contributed by atoms with Crippen LogP contribution in [0.2, 0.25) is 0 Å². The summed E-state index contributed by atoms with van der Waals surface area (Å²) >= 11 is 0. The molecule has 0 saturated carbocycles. The Bertz CT molecular complexity index is 376. The summed E-state index contributed by atoms with van der Waals surface area (Å²) in [6.45, 7) is 0.359. The summed E-state index contributed by atoms with van der Waals surface area (Å²) in [6.07, 6.45) is 3.03. The van der Waals surface area contributed by atoms with Gasteiger partial charge in [-0.05, 0) is 30.9 Å². The second-order valence-corrected chi connectivity index (χ2v) is 3.94. The monoisotopic (exact) mass is 191 g/mol. The number of hydrogen-bond acceptors (Lipinski definition) is 3. The quantitative estimate of drug-likeness (QED) is 0.670. The zero-order valence-electron chi connectivity index (χ0n) is 7.95. The topological polar surface area (TPSA) is 44.5 Å². The van der Waals surface area contributed by atoms with Gasteiger partial charge in [-0.25, -0.2) is 0 Å². The van der Waals surface area contributed by atoms with Crippen molar-refractivity contribution >= 4 is 0 Å². The lowest BCUT2D eigenvalue weighted by molar-refractivity contribution is 0.173. The highest BCUT2D eigenvalue weighted by molar-refractivity contribution is 5.53. The van der Waals surface area contributed by atoms with Crippen LogP contribution in [-0.4, -0.2) is 12.8 Å². The number of benzene rings is 1. The van der Waals surface area contributed by atoms with Crippen LogP contribution in [0.15, 0.2) is 12.1 Å². The van der Waals surface area contributed by atoms with Crippen LogP contribution in [0.3, 0.4) is 0 Å². The molecule has 0 fully saturated rings. The molecule has 0 aromatic heterocycles. The van der Waals surface area contributed by atoms with Gasteiger partial charge >= 0.3 is 0 Å². The summed E-state index contributed by atoms with van der Waals surface area (Å²) in [5.74, 6) is 1.84. The van der Waals surface area contributed by atoms with E-state index in [0.717, 1.165) is 30.8 Å². The van der Waals surface area contributed by atoms with Gasteiger partial charge in [-0.1, -0.05) is 6.07 Å². The van der Waals surface area contributed by atoms with Crippen molar-refractivity contribution in [3.05, 3.63) is 23.3 Å². The summed E-state index contributed by atoms with van der Waals surface area (Å²) in [6, 6.07) is 4.41. The summed E-state index contributed by atoms with van der Waals surface area (Å²) in [4.78, 5) is 0. The highest BCUT2D eigenvalue weighted by Gasteiger charge is 2.24. The Labute approximate surface area is 82.8 Å². The Morgan fingerprint density at radius 1 is 1.29 bits per heavy atom. The Morgan fingerprint density at radius 3 is 3.14 bits per heavy atom. The molecule has 0 spiro atoms. The van der Waals surface area contributed by atoms with Gasteiger partial charge in [0.05, 0.1) is 0 Å². The Hall–Kier alpha value is -1.22. The minimum absolute atomic E-state index is 0.308. The van der Waals surface area contributed by atoms with E-state index in [2.05, 4.69) is 6.07 Å². The molecule has 0 amide bonds. The van der Waals surface area contributed by atoms with E-state index in [9.17, 15) is 0 Å². The lowest BCUT2D eigenvalue weighted by Gasteiger charge is -2.22. The van der Waals surface area contributed by atoms with E-state index in [1.165, 1.54) is 11.1 Å². The molecule has 3 heteroatoms. The van der Waals surface area contributed by atoms with Crippen molar-refractivity contribution in [3.8, 4) is 11.5 Å². The zero-order valence-corrected chi connectivity index (χ0v) is 7.95. The maximum atomic E-state index is 5.92. The first-order valence-electron chi connectivity index (χ1n) is 5.00. The molecule has 0 radical (unpaired) electrons. The zero-order chi connectivity index (χ0) is 9.54. The van der Waals surface area contributed by atoms with Crippen molar-refractivity contribution in [2.75, 3.05) is 6.79 Å². The SMILES string of the molecule is N[C@H]1CCc2c(ccc3c2OCO3)C1. The lowest BCUT2D eigenvalue weighted by atomic mass is 9.88. The van der Waals surface area contributed by atoms with E-state index in [1.54, 1.807) is 0 Å². The standard InChI is InChI=1S/C11H13NO2/c12-8-2-3-9-7(5-8)1-4-10-11(9)14-6-13-10/h1,4,8H,2-3,5-6,12H2/t8-/m0/s1. The molecule has 3 rings (SSSR count). The first kappa shape index (κ1) is 8.12. The van der Waals surface area contributed by atoms with Gasteiger partial charge in [-0.15, -0.1) is 0 Å². The highest BCUT2D eigenvalue weighted by Crippen LogP contribution is 2.40. The van der Waals surface area contributed by atoms with Crippen LogP contribution in [0.1, 0.15) is 17.5 Å². The van der Waals surface area contributed by atoms with Gasteiger partial charge in [-0.2, -0.15) is 0 Å². The second-order valence-electron chi connectivity index (χ2n) is 3.94. The molecular weight excluding hydrogens is 178 g/mol. The van der Waals surface area contributed by atoms with Crippen molar-refractivity contribution in [2.45, 2.75) is 25.3 Å². The first-order valence-corrected chi connectivity index (χ1v) is 5.00. The Kier molecular flexibility index (Phi) is 1.67. The molecule has 0 bridgehead atoms. The van der Waals surface area contributed by atoms with E-state index in [4.69, 9.17) is 15.2 Å². The van der Waals surface area contributed by atoms with E-state index in [0.29, 0.717) is 12.8 Å². The molecule has 1 aromatic carbocycles. The van der Waals surface area contributed by atoms with Crippen molar-refractivity contribution in [3.63, 3.8) is 0 Å². The van der Waals surface area contributed by atoms with Crippen LogP contribution < -0.4 is 15.2 Å². The number of hydrogen-bond donors (Lipinski definition) is 1. The van der Waals surface area contributed by atoms with Gasteiger partial charge in [0.25, 0.3) is 0 Å². The van der Waals surface area contributed by atoms with Gasteiger partial charge in [0.1, 0.15) is 0 Å². The number of ether oxygens (including phenoxy) is 2. The van der Waals surface area contributed by atoms with E-state index in [1.807, 2.05) is 6.07 Å². The first-order chi connectivity index (χ1) is 6.84. The van der Waals surface area contributed by atoms with Crippen LogP contribution in [-0.2, 0) is 12.8 Å². The third-order valence-corrected chi connectivity index (χ3v) is 2.99. The molecule has 2 aliphatic rings. The van der Waals surface area contributed by atoms with E-state index < -0.39 is 0 Å². The predicted octanol–water partition coefficient (Wildman–Crippen LogP) is 1.23. The van der Waals surface area contributed by atoms with Crippen molar-refractivity contribution in [1.82, 2.24) is 0 Å². The molecule has 1 heterocycles. The molecule has 1 atom stereocenters. The molecule has 3 nitrogen and oxygen atoms in total. The van der Waals surface area contributed by atoms with Crippen LogP contribution in [0.5, 0.6) is 11.5 Å². The number of nitrogens with two attached hydrogens (primary N) is 1. The minimum Gasteiger partial charge on any atom is -0.454 e.